The number of hydrogen-bond donors (Lipinski definition) is 0. The van der Waals surface area contributed by atoms with Gasteiger partial charge in [0.2, 0.25) is 0 Å². The van der Waals surface area contributed by atoms with Crippen molar-refractivity contribution >= 4 is 46.0 Å². The molecule has 2 aromatic rings. The van der Waals surface area contributed by atoms with Crippen LogP contribution in [0.2, 0.25) is 0 Å². The van der Waals surface area contributed by atoms with Crippen LogP contribution in [0.4, 0.5) is 5.69 Å². The Labute approximate surface area is 145 Å². The van der Waals surface area contributed by atoms with Crippen molar-refractivity contribution in [1.29, 1.82) is 0 Å². The number of thioether (sulfide) groups is 1. The molecule has 0 atom stereocenters. The number of hydrogen-bond acceptors (Lipinski definition) is 4. The quantitative estimate of drug-likeness (QED) is 0.588. The Morgan fingerprint density at radius 2 is 2.04 bits per heavy atom. The number of carbonyl (C=O) groups is 1. The second-order valence-corrected chi connectivity index (χ2v) is 7.08. The minimum atomic E-state index is -0.0851. The van der Waals surface area contributed by atoms with Crippen LogP contribution in [0.1, 0.15) is 29.6 Å². The zero-order valence-electron chi connectivity index (χ0n) is 13.3. The van der Waals surface area contributed by atoms with Gasteiger partial charge in [-0.25, -0.2) is 0 Å². The van der Waals surface area contributed by atoms with Gasteiger partial charge in [0.25, 0.3) is 5.91 Å². The summed E-state index contributed by atoms with van der Waals surface area (Å²) < 4.78 is 6.10. The predicted molar refractivity (Wildman–Crippen MR) is 99.7 cm³/mol. The van der Waals surface area contributed by atoms with Gasteiger partial charge in [-0.05, 0) is 43.5 Å². The summed E-state index contributed by atoms with van der Waals surface area (Å²) in [4.78, 5) is 15.1. The number of para-hydroxylation sites is 1. The van der Waals surface area contributed by atoms with Gasteiger partial charge in [0.15, 0.2) is 4.32 Å². The molecule has 0 unspecified atom stereocenters. The molecule has 23 heavy (non-hydrogen) atoms. The number of anilines is 1. The zero-order valence-corrected chi connectivity index (χ0v) is 14.9. The summed E-state index contributed by atoms with van der Waals surface area (Å²) in [5, 5.41) is 0. The van der Waals surface area contributed by atoms with Gasteiger partial charge in [-0.1, -0.05) is 49.1 Å². The standard InChI is InChI=1S/C18H17NO2S2/c1-4-13-7-5-6-11(2)16(13)19-17(20)15(23-18(19)22)10-14-9-8-12(3)21-14/h5-10H,4H2,1-3H3. The summed E-state index contributed by atoms with van der Waals surface area (Å²) in [7, 11) is 0. The van der Waals surface area contributed by atoms with Crippen molar-refractivity contribution in [2.24, 2.45) is 0 Å². The van der Waals surface area contributed by atoms with Crippen LogP contribution in [0.5, 0.6) is 0 Å². The number of thiocarbonyl (C=S) groups is 1. The minimum Gasteiger partial charge on any atom is -0.462 e. The predicted octanol–water partition coefficient (Wildman–Crippen LogP) is 4.86. The fraction of sp³-hybridized carbons (Fsp3) is 0.222. The molecule has 1 aromatic carbocycles. The lowest BCUT2D eigenvalue weighted by molar-refractivity contribution is -0.113. The van der Waals surface area contributed by atoms with Crippen LogP contribution < -0.4 is 4.90 Å². The largest absolute Gasteiger partial charge is 0.462 e. The number of furan rings is 1. The molecular formula is C18H17NO2S2. The Bertz CT molecular complexity index is 820. The van der Waals surface area contributed by atoms with Gasteiger partial charge in [0.05, 0.1) is 10.6 Å². The molecule has 1 fully saturated rings. The highest BCUT2D eigenvalue weighted by Crippen LogP contribution is 2.39. The topological polar surface area (TPSA) is 33.5 Å². The van der Waals surface area contributed by atoms with E-state index in [1.807, 2.05) is 44.2 Å². The molecule has 0 N–H and O–H groups in total. The van der Waals surface area contributed by atoms with Crippen LogP contribution >= 0.6 is 24.0 Å². The van der Waals surface area contributed by atoms with Crippen LogP contribution in [0.3, 0.4) is 0 Å². The minimum absolute atomic E-state index is 0.0851. The Morgan fingerprint density at radius 3 is 2.70 bits per heavy atom. The molecule has 1 saturated heterocycles. The molecule has 3 rings (SSSR count). The highest BCUT2D eigenvalue weighted by molar-refractivity contribution is 8.27. The first-order chi connectivity index (χ1) is 11.0. The van der Waals surface area contributed by atoms with E-state index in [-0.39, 0.29) is 5.91 Å². The van der Waals surface area contributed by atoms with E-state index in [1.165, 1.54) is 11.8 Å². The molecule has 5 heteroatoms. The van der Waals surface area contributed by atoms with Crippen molar-refractivity contribution in [1.82, 2.24) is 0 Å². The Kier molecular flexibility index (Phi) is 4.41. The van der Waals surface area contributed by atoms with E-state index in [2.05, 4.69) is 6.92 Å². The first-order valence-electron chi connectivity index (χ1n) is 7.44. The van der Waals surface area contributed by atoms with Gasteiger partial charge in [-0.3, -0.25) is 9.69 Å². The highest BCUT2D eigenvalue weighted by atomic mass is 32.2. The van der Waals surface area contributed by atoms with Crippen molar-refractivity contribution in [3.63, 3.8) is 0 Å². The van der Waals surface area contributed by atoms with Crippen LogP contribution in [-0.2, 0) is 11.2 Å². The lowest BCUT2D eigenvalue weighted by Crippen LogP contribution is -2.29. The van der Waals surface area contributed by atoms with E-state index in [4.69, 9.17) is 16.6 Å². The molecule has 2 heterocycles. The van der Waals surface area contributed by atoms with Crippen molar-refractivity contribution in [2.75, 3.05) is 4.90 Å². The molecule has 0 saturated carbocycles. The van der Waals surface area contributed by atoms with Crippen molar-refractivity contribution in [2.45, 2.75) is 27.2 Å². The van der Waals surface area contributed by atoms with E-state index in [1.54, 1.807) is 11.0 Å². The third-order valence-corrected chi connectivity index (χ3v) is 5.06. The molecule has 1 aliphatic heterocycles. The maximum atomic E-state index is 12.9. The SMILES string of the molecule is CCc1cccc(C)c1N1C(=O)C(=Cc2ccc(C)o2)SC1=S. The monoisotopic (exact) mass is 343 g/mol. The average Bonchev–Trinajstić information content (AvgIpc) is 3.04. The number of carbonyl (C=O) groups excluding carboxylic acids is 1. The third-order valence-electron chi connectivity index (χ3n) is 3.75. The van der Waals surface area contributed by atoms with Crippen molar-refractivity contribution in [3.8, 4) is 0 Å². The van der Waals surface area contributed by atoms with Gasteiger partial charge < -0.3 is 4.42 Å². The molecule has 1 amide bonds. The number of aryl methyl sites for hydroxylation is 3. The fourth-order valence-electron chi connectivity index (χ4n) is 2.65. The number of rotatable bonds is 3. The molecule has 118 valence electrons. The van der Waals surface area contributed by atoms with Crippen LogP contribution in [0, 0.1) is 13.8 Å². The second kappa shape index (κ2) is 6.34. The number of amides is 1. The summed E-state index contributed by atoms with van der Waals surface area (Å²) in [5.41, 5.74) is 3.09. The van der Waals surface area contributed by atoms with E-state index < -0.39 is 0 Å². The highest BCUT2D eigenvalue weighted by Gasteiger charge is 2.35. The molecular weight excluding hydrogens is 326 g/mol. The van der Waals surface area contributed by atoms with Crippen LogP contribution in [0.25, 0.3) is 6.08 Å². The average molecular weight is 343 g/mol. The van der Waals surface area contributed by atoms with Crippen molar-refractivity contribution in [3.05, 3.63) is 57.9 Å². The zero-order chi connectivity index (χ0) is 16.6. The Hall–Kier alpha value is -1.85. The molecule has 0 aliphatic carbocycles. The lowest BCUT2D eigenvalue weighted by atomic mass is 10.0. The lowest BCUT2D eigenvalue weighted by Gasteiger charge is -2.20. The third kappa shape index (κ3) is 2.99. The molecule has 3 nitrogen and oxygen atoms in total. The van der Waals surface area contributed by atoms with Gasteiger partial charge in [-0.15, -0.1) is 0 Å². The smallest absolute Gasteiger partial charge is 0.270 e. The molecule has 0 radical (unpaired) electrons. The molecule has 1 aliphatic rings. The van der Waals surface area contributed by atoms with Gasteiger partial charge in [-0.2, -0.15) is 0 Å². The molecule has 1 aromatic heterocycles. The summed E-state index contributed by atoms with van der Waals surface area (Å²) >= 11 is 6.78. The Balaban J connectivity index is 2.01. The number of benzene rings is 1. The van der Waals surface area contributed by atoms with Crippen molar-refractivity contribution < 1.29 is 9.21 Å². The van der Waals surface area contributed by atoms with Crippen LogP contribution in [-0.4, -0.2) is 10.2 Å². The van der Waals surface area contributed by atoms with E-state index in [0.717, 1.165) is 29.0 Å². The fourth-order valence-corrected chi connectivity index (χ4v) is 3.90. The summed E-state index contributed by atoms with van der Waals surface area (Å²) in [6, 6.07) is 9.79. The van der Waals surface area contributed by atoms with Crippen LogP contribution in [0.15, 0.2) is 39.7 Å². The summed E-state index contributed by atoms with van der Waals surface area (Å²) in [6.07, 6.45) is 2.61. The van der Waals surface area contributed by atoms with E-state index >= 15 is 0 Å². The van der Waals surface area contributed by atoms with Gasteiger partial charge >= 0.3 is 0 Å². The number of nitrogens with zero attached hydrogens (tertiary/aromatic N) is 1. The Morgan fingerprint density at radius 1 is 1.26 bits per heavy atom. The first-order valence-corrected chi connectivity index (χ1v) is 8.66. The van der Waals surface area contributed by atoms with E-state index in [9.17, 15) is 4.79 Å². The van der Waals surface area contributed by atoms with Gasteiger partial charge in [0, 0.05) is 6.08 Å². The first kappa shape index (κ1) is 16.0. The normalized spacial score (nSPS) is 16.7. The second-order valence-electron chi connectivity index (χ2n) is 5.40. The van der Waals surface area contributed by atoms with Gasteiger partial charge in [0.1, 0.15) is 11.5 Å². The maximum Gasteiger partial charge on any atom is 0.270 e. The summed E-state index contributed by atoms with van der Waals surface area (Å²) in [6.45, 7) is 5.97. The maximum absolute atomic E-state index is 12.9. The summed E-state index contributed by atoms with van der Waals surface area (Å²) in [5.74, 6) is 1.40. The molecule has 0 bridgehead atoms. The van der Waals surface area contributed by atoms with E-state index in [0.29, 0.717) is 15.0 Å². The molecule has 0 spiro atoms.